The summed E-state index contributed by atoms with van der Waals surface area (Å²) >= 11 is 7.78. The third-order valence-corrected chi connectivity index (χ3v) is 8.90. The highest BCUT2D eigenvalue weighted by atomic mass is 35.5. The number of carbonyl (C=O) groups is 1. The van der Waals surface area contributed by atoms with Gasteiger partial charge in [0, 0.05) is 34.9 Å². The Balaban J connectivity index is 1.28. The Morgan fingerprint density at radius 1 is 1.00 bits per heavy atom. The number of halogens is 1. The van der Waals surface area contributed by atoms with Crippen molar-refractivity contribution in [2.75, 3.05) is 30.5 Å². The van der Waals surface area contributed by atoms with Crippen LogP contribution in [0, 0.1) is 0 Å². The fourth-order valence-electron chi connectivity index (χ4n) is 3.77. The molecule has 0 aliphatic carbocycles. The molecule has 0 spiro atoms. The van der Waals surface area contributed by atoms with E-state index in [4.69, 9.17) is 21.1 Å². The molecule has 3 heterocycles. The molecule has 8 nitrogen and oxygen atoms in total. The zero-order valence-electron chi connectivity index (χ0n) is 16.9. The summed E-state index contributed by atoms with van der Waals surface area (Å²) in [5.41, 5.74) is 0.470. The molecule has 0 unspecified atom stereocenters. The molecule has 0 saturated carbocycles. The van der Waals surface area contributed by atoms with E-state index >= 15 is 0 Å². The SMILES string of the molecule is O=C(Nc1ccc(S(=O)(=O)N2CCCCC2)cc1)Nc1sc2cc3c(cc2c1Cl)OCO3. The first kappa shape index (κ1) is 21.3. The molecule has 1 aromatic heterocycles. The number of hydrogen-bond donors (Lipinski definition) is 2. The summed E-state index contributed by atoms with van der Waals surface area (Å²) in [6, 6.07) is 9.30. The van der Waals surface area contributed by atoms with Crippen molar-refractivity contribution in [3.63, 3.8) is 0 Å². The van der Waals surface area contributed by atoms with Crippen molar-refractivity contribution in [2.24, 2.45) is 0 Å². The number of nitrogens with zero attached hydrogens (tertiary/aromatic N) is 1. The molecule has 3 aromatic rings. The first-order chi connectivity index (χ1) is 15.4. The third-order valence-electron chi connectivity index (χ3n) is 5.41. The van der Waals surface area contributed by atoms with Crippen molar-refractivity contribution in [3.05, 3.63) is 41.4 Å². The number of thiophene rings is 1. The number of hydrogen-bond acceptors (Lipinski definition) is 6. The molecule has 5 rings (SSSR count). The summed E-state index contributed by atoms with van der Waals surface area (Å²) in [5.74, 6) is 1.26. The van der Waals surface area contributed by atoms with Gasteiger partial charge >= 0.3 is 6.03 Å². The highest BCUT2D eigenvalue weighted by Gasteiger charge is 2.26. The third kappa shape index (κ3) is 3.99. The molecule has 2 aromatic carbocycles. The molecule has 2 N–H and O–H groups in total. The molecule has 2 aliphatic rings. The van der Waals surface area contributed by atoms with E-state index in [9.17, 15) is 13.2 Å². The average Bonchev–Trinajstić information content (AvgIpc) is 3.37. The van der Waals surface area contributed by atoms with Crippen molar-refractivity contribution < 1.29 is 22.7 Å². The number of carbonyl (C=O) groups excluding carboxylic acids is 1. The van der Waals surface area contributed by atoms with E-state index in [2.05, 4.69) is 10.6 Å². The summed E-state index contributed by atoms with van der Waals surface area (Å²) < 4.78 is 38.6. The number of piperidine rings is 1. The fraction of sp³-hybridized carbons (Fsp3) is 0.286. The monoisotopic (exact) mass is 493 g/mol. The normalized spacial score (nSPS) is 16.3. The Labute approximate surface area is 194 Å². The minimum atomic E-state index is -3.51. The van der Waals surface area contributed by atoms with Gasteiger partial charge in [0.25, 0.3) is 0 Å². The molecule has 0 bridgehead atoms. The van der Waals surface area contributed by atoms with Gasteiger partial charge in [-0.3, -0.25) is 5.32 Å². The van der Waals surface area contributed by atoms with Crippen LogP contribution in [0.4, 0.5) is 15.5 Å². The van der Waals surface area contributed by atoms with Gasteiger partial charge < -0.3 is 14.8 Å². The summed E-state index contributed by atoms with van der Waals surface area (Å²) in [5, 5.41) is 7.13. The number of urea groups is 1. The largest absolute Gasteiger partial charge is 0.454 e. The number of nitrogens with one attached hydrogen (secondary N) is 2. The predicted octanol–water partition coefficient (Wildman–Crippen LogP) is 5.10. The fourth-order valence-corrected chi connectivity index (χ4v) is 6.66. The van der Waals surface area contributed by atoms with Gasteiger partial charge in [-0.2, -0.15) is 4.31 Å². The average molecular weight is 494 g/mol. The van der Waals surface area contributed by atoms with E-state index in [0.717, 1.165) is 29.3 Å². The number of rotatable bonds is 4. The van der Waals surface area contributed by atoms with Crippen LogP contribution in [0.1, 0.15) is 19.3 Å². The van der Waals surface area contributed by atoms with Gasteiger partial charge in [-0.1, -0.05) is 18.0 Å². The lowest BCUT2D eigenvalue weighted by Crippen LogP contribution is -2.35. The van der Waals surface area contributed by atoms with Crippen LogP contribution in [0.25, 0.3) is 10.1 Å². The van der Waals surface area contributed by atoms with E-state index in [0.29, 0.717) is 40.3 Å². The van der Waals surface area contributed by atoms with E-state index in [1.54, 1.807) is 18.2 Å². The molecule has 2 amide bonds. The highest BCUT2D eigenvalue weighted by Crippen LogP contribution is 2.45. The number of sulfonamides is 1. The first-order valence-electron chi connectivity index (χ1n) is 10.1. The van der Waals surface area contributed by atoms with Crippen LogP contribution < -0.4 is 20.1 Å². The Hall–Kier alpha value is -2.53. The van der Waals surface area contributed by atoms with Gasteiger partial charge in [0.2, 0.25) is 16.8 Å². The van der Waals surface area contributed by atoms with Crippen LogP contribution >= 0.6 is 22.9 Å². The van der Waals surface area contributed by atoms with Gasteiger partial charge in [-0.15, -0.1) is 11.3 Å². The van der Waals surface area contributed by atoms with Crippen molar-refractivity contribution in [2.45, 2.75) is 24.2 Å². The molecule has 2 aliphatic heterocycles. The Bertz CT molecular complexity index is 1290. The summed E-state index contributed by atoms with van der Waals surface area (Å²) in [6.45, 7) is 1.26. The highest BCUT2D eigenvalue weighted by molar-refractivity contribution is 7.89. The predicted molar refractivity (Wildman–Crippen MR) is 125 cm³/mol. The van der Waals surface area contributed by atoms with Crippen LogP contribution in [0.3, 0.4) is 0 Å². The quantitative estimate of drug-likeness (QED) is 0.527. The van der Waals surface area contributed by atoms with Crippen LogP contribution in [-0.2, 0) is 10.0 Å². The van der Waals surface area contributed by atoms with E-state index in [-0.39, 0.29) is 11.7 Å². The molecule has 32 heavy (non-hydrogen) atoms. The minimum Gasteiger partial charge on any atom is -0.454 e. The molecule has 168 valence electrons. The van der Waals surface area contributed by atoms with Crippen molar-refractivity contribution in [1.29, 1.82) is 0 Å². The minimum absolute atomic E-state index is 0.176. The van der Waals surface area contributed by atoms with Gasteiger partial charge in [0.05, 0.1) is 9.92 Å². The van der Waals surface area contributed by atoms with Crippen LogP contribution in [0.15, 0.2) is 41.3 Å². The van der Waals surface area contributed by atoms with E-state index in [1.807, 2.05) is 6.07 Å². The number of benzene rings is 2. The van der Waals surface area contributed by atoms with Crippen molar-refractivity contribution >= 4 is 59.8 Å². The van der Waals surface area contributed by atoms with Crippen LogP contribution in [0.2, 0.25) is 5.02 Å². The second-order valence-corrected chi connectivity index (χ2v) is 10.9. The Morgan fingerprint density at radius 2 is 1.69 bits per heavy atom. The van der Waals surface area contributed by atoms with Crippen LogP contribution in [-0.4, -0.2) is 38.6 Å². The molecule has 1 saturated heterocycles. The maximum absolute atomic E-state index is 12.8. The number of fused-ring (bicyclic) bond motifs is 2. The second-order valence-electron chi connectivity index (χ2n) is 7.52. The summed E-state index contributed by atoms with van der Waals surface area (Å²) in [6.07, 6.45) is 2.81. The molecular weight excluding hydrogens is 474 g/mol. The standard InChI is InChI=1S/C21H20ClN3O5S2/c22-19-15-10-16-17(30-12-29-16)11-18(15)31-20(19)24-21(26)23-13-4-6-14(7-5-13)32(27,28)25-8-2-1-3-9-25/h4-7,10-11H,1-3,8-9,12H2,(H2,23,24,26). The first-order valence-corrected chi connectivity index (χ1v) is 12.8. The lowest BCUT2D eigenvalue weighted by atomic mass is 10.2. The molecule has 0 radical (unpaired) electrons. The van der Waals surface area contributed by atoms with E-state index < -0.39 is 16.1 Å². The maximum Gasteiger partial charge on any atom is 0.324 e. The second kappa shape index (κ2) is 8.43. The zero-order valence-corrected chi connectivity index (χ0v) is 19.3. The van der Waals surface area contributed by atoms with Gasteiger partial charge in [0.1, 0.15) is 5.00 Å². The number of amides is 2. The molecule has 11 heteroatoms. The summed E-state index contributed by atoms with van der Waals surface area (Å²) in [7, 11) is -3.51. The molecular formula is C21H20ClN3O5S2. The van der Waals surface area contributed by atoms with Crippen molar-refractivity contribution in [3.8, 4) is 11.5 Å². The summed E-state index contributed by atoms with van der Waals surface area (Å²) in [4.78, 5) is 12.7. The number of anilines is 2. The lowest BCUT2D eigenvalue weighted by molar-refractivity contribution is 0.174. The maximum atomic E-state index is 12.8. The zero-order chi connectivity index (χ0) is 22.3. The number of ether oxygens (including phenoxy) is 2. The smallest absolute Gasteiger partial charge is 0.324 e. The van der Waals surface area contributed by atoms with Gasteiger partial charge in [0.15, 0.2) is 11.5 Å². The van der Waals surface area contributed by atoms with Gasteiger partial charge in [-0.25, -0.2) is 13.2 Å². The van der Waals surface area contributed by atoms with Crippen LogP contribution in [0.5, 0.6) is 11.5 Å². The topological polar surface area (TPSA) is 97.0 Å². The van der Waals surface area contributed by atoms with Crippen molar-refractivity contribution in [1.82, 2.24) is 4.31 Å². The molecule has 1 fully saturated rings. The molecule has 0 atom stereocenters. The van der Waals surface area contributed by atoms with Gasteiger partial charge in [-0.05, 0) is 43.2 Å². The Kier molecular flexibility index (Phi) is 5.62. The Morgan fingerprint density at radius 3 is 2.41 bits per heavy atom. The lowest BCUT2D eigenvalue weighted by Gasteiger charge is -2.25. The van der Waals surface area contributed by atoms with E-state index in [1.165, 1.54) is 27.8 Å².